The summed E-state index contributed by atoms with van der Waals surface area (Å²) in [7, 11) is 0. The van der Waals surface area contributed by atoms with Crippen molar-refractivity contribution in [1.82, 2.24) is 0 Å². The van der Waals surface area contributed by atoms with E-state index in [1.54, 1.807) is 4.90 Å². The average molecular weight is 242 g/mol. The first kappa shape index (κ1) is 12.6. The Balaban J connectivity index is 2.29. The van der Waals surface area contributed by atoms with Gasteiger partial charge in [0.1, 0.15) is 5.41 Å². The van der Waals surface area contributed by atoms with Crippen molar-refractivity contribution in [3.8, 4) is 6.07 Å². The first-order chi connectivity index (χ1) is 8.73. The topological polar surface area (TPSA) is 44.1 Å². The minimum atomic E-state index is -0.786. The number of nitrogens with zero attached hydrogens (tertiary/aromatic N) is 2. The lowest BCUT2D eigenvalue weighted by Crippen LogP contribution is -2.42. The van der Waals surface area contributed by atoms with Gasteiger partial charge in [-0.1, -0.05) is 31.0 Å². The molecular weight excluding hydrogens is 224 g/mol. The largest absolute Gasteiger partial charge is 0.311 e. The second-order valence-electron chi connectivity index (χ2n) is 4.79. The second-order valence-corrected chi connectivity index (χ2v) is 4.79. The molecule has 0 unspecified atom stereocenters. The highest BCUT2D eigenvalue weighted by atomic mass is 16.2. The molecule has 3 nitrogen and oxygen atoms in total. The maximum Gasteiger partial charge on any atom is 0.247 e. The van der Waals surface area contributed by atoms with Crippen LogP contribution in [0.1, 0.15) is 32.6 Å². The highest BCUT2D eigenvalue weighted by molar-refractivity contribution is 5.99. The van der Waals surface area contributed by atoms with E-state index in [-0.39, 0.29) is 5.91 Å². The number of carbonyl (C=O) groups is 1. The molecule has 0 N–H and O–H groups in total. The molecule has 94 valence electrons. The summed E-state index contributed by atoms with van der Waals surface area (Å²) >= 11 is 0. The van der Waals surface area contributed by atoms with E-state index in [1.165, 1.54) is 0 Å². The monoisotopic (exact) mass is 242 g/mol. The van der Waals surface area contributed by atoms with E-state index in [0.29, 0.717) is 19.4 Å². The van der Waals surface area contributed by atoms with E-state index >= 15 is 0 Å². The Labute approximate surface area is 108 Å². The first-order valence-electron chi connectivity index (χ1n) is 6.52. The van der Waals surface area contributed by atoms with Crippen LogP contribution in [0, 0.1) is 16.7 Å². The Kier molecular flexibility index (Phi) is 3.66. The summed E-state index contributed by atoms with van der Waals surface area (Å²) in [4.78, 5) is 14.4. The molecule has 0 spiro atoms. The average Bonchev–Trinajstić information content (AvgIpc) is 2.91. The summed E-state index contributed by atoms with van der Waals surface area (Å²) in [5.74, 6) is -0.0313. The highest BCUT2D eigenvalue weighted by Crippen LogP contribution is 2.39. The Morgan fingerprint density at radius 1 is 1.33 bits per heavy atom. The third-order valence-corrected chi connectivity index (χ3v) is 3.71. The zero-order valence-electron chi connectivity index (χ0n) is 10.7. The Morgan fingerprint density at radius 2 is 1.94 bits per heavy atom. The molecule has 18 heavy (non-hydrogen) atoms. The summed E-state index contributed by atoms with van der Waals surface area (Å²) in [6.07, 6.45) is 3.36. The smallest absolute Gasteiger partial charge is 0.247 e. The minimum absolute atomic E-state index is 0.0313. The molecule has 1 aliphatic carbocycles. The van der Waals surface area contributed by atoms with Gasteiger partial charge in [-0.05, 0) is 31.9 Å². The van der Waals surface area contributed by atoms with E-state index in [1.807, 2.05) is 37.3 Å². The molecule has 2 rings (SSSR count). The SMILES string of the molecule is CCN(C(=O)C1(C#N)CCCC1)c1ccccc1. The van der Waals surface area contributed by atoms with Gasteiger partial charge in [0, 0.05) is 12.2 Å². The van der Waals surface area contributed by atoms with Crippen molar-refractivity contribution in [1.29, 1.82) is 5.26 Å². The molecule has 0 bridgehead atoms. The number of hydrogen-bond donors (Lipinski definition) is 0. The number of carbonyl (C=O) groups excluding carboxylic acids is 1. The maximum atomic E-state index is 12.6. The number of amides is 1. The number of benzene rings is 1. The standard InChI is InChI=1S/C15H18N2O/c1-2-17(13-8-4-3-5-9-13)14(18)15(12-16)10-6-7-11-15/h3-5,8-9H,2,6-7,10-11H2,1H3. The number of anilines is 1. The van der Waals surface area contributed by atoms with Gasteiger partial charge in [0.15, 0.2) is 0 Å². The number of hydrogen-bond acceptors (Lipinski definition) is 2. The lowest BCUT2D eigenvalue weighted by molar-refractivity contribution is -0.125. The van der Waals surface area contributed by atoms with Crippen molar-refractivity contribution in [2.24, 2.45) is 5.41 Å². The predicted octanol–water partition coefficient (Wildman–Crippen LogP) is 3.12. The van der Waals surface area contributed by atoms with E-state index in [2.05, 4.69) is 6.07 Å². The molecule has 1 aromatic rings. The Bertz CT molecular complexity index is 455. The maximum absolute atomic E-state index is 12.6. The molecule has 1 fully saturated rings. The van der Waals surface area contributed by atoms with Crippen molar-refractivity contribution < 1.29 is 4.79 Å². The fourth-order valence-corrected chi connectivity index (χ4v) is 2.66. The van der Waals surface area contributed by atoms with Gasteiger partial charge in [0.25, 0.3) is 0 Å². The van der Waals surface area contributed by atoms with E-state index in [4.69, 9.17) is 0 Å². The summed E-state index contributed by atoms with van der Waals surface area (Å²) < 4.78 is 0. The van der Waals surface area contributed by atoms with E-state index < -0.39 is 5.41 Å². The van der Waals surface area contributed by atoms with Gasteiger partial charge in [0.05, 0.1) is 6.07 Å². The molecule has 0 atom stereocenters. The van der Waals surface area contributed by atoms with Gasteiger partial charge < -0.3 is 4.90 Å². The van der Waals surface area contributed by atoms with Crippen LogP contribution in [0.5, 0.6) is 0 Å². The van der Waals surface area contributed by atoms with Crippen LogP contribution in [0.2, 0.25) is 0 Å². The van der Waals surface area contributed by atoms with Crippen molar-refractivity contribution in [3.63, 3.8) is 0 Å². The predicted molar refractivity (Wildman–Crippen MR) is 71.0 cm³/mol. The molecule has 0 aromatic heterocycles. The van der Waals surface area contributed by atoms with Crippen LogP contribution in [0.4, 0.5) is 5.69 Å². The number of rotatable bonds is 3. The number of para-hydroxylation sites is 1. The van der Waals surface area contributed by atoms with Crippen LogP contribution in [-0.4, -0.2) is 12.5 Å². The molecule has 1 aliphatic rings. The van der Waals surface area contributed by atoms with Crippen LogP contribution in [0.3, 0.4) is 0 Å². The van der Waals surface area contributed by atoms with Crippen molar-refractivity contribution in [3.05, 3.63) is 30.3 Å². The van der Waals surface area contributed by atoms with Crippen LogP contribution in [0.25, 0.3) is 0 Å². The molecule has 0 saturated heterocycles. The lowest BCUT2D eigenvalue weighted by atomic mass is 9.86. The quantitative estimate of drug-likeness (QED) is 0.817. The van der Waals surface area contributed by atoms with Gasteiger partial charge in [-0.2, -0.15) is 5.26 Å². The van der Waals surface area contributed by atoms with Gasteiger partial charge >= 0.3 is 0 Å². The molecule has 0 aliphatic heterocycles. The third kappa shape index (κ3) is 2.11. The van der Waals surface area contributed by atoms with Crippen LogP contribution in [-0.2, 0) is 4.79 Å². The Morgan fingerprint density at radius 3 is 2.44 bits per heavy atom. The molecular formula is C15H18N2O. The fourth-order valence-electron chi connectivity index (χ4n) is 2.66. The normalized spacial score (nSPS) is 17.1. The molecule has 3 heteroatoms. The molecule has 0 radical (unpaired) electrons. The van der Waals surface area contributed by atoms with Crippen LogP contribution >= 0.6 is 0 Å². The lowest BCUT2D eigenvalue weighted by Gasteiger charge is -2.29. The summed E-state index contributed by atoms with van der Waals surface area (Å²) in [6, 6.07) is 11.9. The van der Waals surface area contributed by atoms with Crippen LogP contribution in [0.15, 0.2) is 30.3 Å². The zero-order chi connectivity index (χ0) is 13.0. The third-order valence-electron chi connectivity index (χ3n) is 3.71. The highest BCUT2D eigenvalue weighted by Gasteiger charge is 2.43. The van der Waals surface area contributed by atoms with Crippen molar-refractivity contribution in [2.45, 2.75) is 32.6 Å². The zero-order valence-corrected chi connectivity index (χ0v) is 10.7. The molecule has 0 heterocycles. The van der Waals surface area contributed by atoms with Crippen LogP contribution < -0.4 is 4.90 Å². The summed E-state index contributed by atoms with van der Waals surface area (Å²) in [5.41, 5.74) is 0.0952. The van der Waals surface area contributed by atoms with Gasteiger partial charge in [-0.3, -0.25) is 4.79 Å². The first-order valence-corrected chi connectivity index (χ1v) is 6.52. The van der Waals surface area contributed by atoms with Gasteiger partial charge in [-0.25, -0.2) is 0 Å². The van der Waals surface area contributed by atoms with Crippen molar-refractivity contribution >= 4 is 11.6 Å². The fraction of sp³-hybridized carbons (Fsp3) is 0.467. The molecule has 1 aromatic carbocycles. The Hall–Kier alpha value is -1.82. The van der Waals surface area contributed by atoms with Crippen molar-refractivity contribution in [2.75, 3.05) is 11.4 Å². The number of nitriles is 1. The van der Waals surface area contributed by atoms with Gasteiger partial charge in [0.2, 0.25) is 5.91 Å². The second kappa shape index (κ2) is 5.22. The summed E-state index contributed by atoms with van der Waals surface area (Å²) in [6.45, 7) is 2.55. The van der Waals surface area contributed by atoms with E-state index in [0.717, 1.165) is 18.5 Å². The van der Waals surface area contributed by atoms with Gasteiger partial charge in [-0.15, -0.1) is 0 Å². The molecule has 1 amide bonds. The summed E-state index contributed by atoms with van der Waals surface area (Å²) in [5, 5.41) is 9.38. The minimum Gasteiger partial charge on any atom is -0.311 e. The van der Waals surface area contributed by atoms with E-state index in [9.17, 15) is 10.1 Å². The molecule has 1 saturated carbocycles.